The van der Waals surface area contributed by atoms with Gasteiger partial charge in [0.15, 0.2) is 0 Å². The van der Waals surface area contributed by atoms with Crippen LogP contribution in [0.1, 0.15) is 17.2 Å². The van der Waals surface area contributed by atoms with Gasteiger partial charge in [-0.25, -0.2) is 15.3 Å². The minimum Gasteiger partial charge on any atom is -0.497 e. The van der Waals surface area contributed by atoms with Gasteiger partial charge in [0.05, 0.1) is 24.8 Å². The molecular formula is C20H21N3O3. The molecule has 1 N–H and O–H groups in total. The van der Waals surface area contributed by atoms with E-state index in [1.54, 1.807) is 12.1 Å². The Kier molecular flexibility index (Phi) is 4.01. The Bertz CT molecular complexity index is 848. The molecule has 0 aliphatic carbocycles. The summed E-state index contributed by atoms with van der Waals surface area (Å²) in [5, 5.41) is 1.76. The van der Waals surface area contributed by atoms with E-state index in [9.17, 15) is 9.59 Å². The molecule has 0 radical (unpaired) electrons. The Morgan fingerprint density at radius 3 is 2.23 bits per heavy atom. The molecule has 2 aliphatic rings. The van der Waals surface area contributed by atoms with Gasteiger partial charge in [0.1, 0.15) is 11.8 Å². The molecule has 2 aliphatic heterocycles. The summed E-state index contributed by atoms with van der Waals surface area (Å²) in [5.41, 5.74) is 5.94. The van der Waals surface area contributed by atoms with Gasteiger partial charge in [-0.05, 0) is 36.8 Å². The Labute approximate surface area is 152 Å². The van der Waals surface area contributed by atoms with Crippen LogP contribution >= 0.6 is 0 Å². The summed E-state index contributed by atoms with van der Waals surface area (Å²) < 4.78 is 5.20. The third kappa shape index (κ3) is 2.50. The molecule has 2 amide bonds. The first-order chi connectivity index (χ1) is 12.5. The van der Waals surface area contributed by atoms with Gasteiger partial charge in [-0.15, -0.1) is 0 Å². The van der Waals surface area contributed by atoms with Crippen LogP contribution in [0, 0.1) is 12.8 Å². The number of fused-ring (bicyclic) bond motifs is 1. The predicted molar refractivity (Wildman–Crippen MR) is 97.6 cm³/mol. The minimum atomic E-state index is -0.504. The van der Waals surface area contributed by atoms with Gasteiger partial charge in [-0.3, -0.25) is 9.59 Å². The van der Waals surface area contributed by atoms with E-state index in [0.29, 0.717) is 5.69 Å². The molecule has 134 valence electrons. The van der Waals surface area contributed by atoms with E-state index >= 15 is 0 Å². The van der Waals surface area contributed by atoms with Crippen LogP contribution in [0.4, 0.5) is 5.69 Å². The lowest BCUT2D eigenvalue weighted by molar-refractivity contribution is -0.123. The molecule has 2 heterocycles. The number of hydrazine groups is 1. The zero-order valence-electron chi connectivity index (χ0n) is 15.0. The van der Waals surface area contributed by atoms with E-state index in [1.165, 1.54) is 4.90 Å². The van der Waals surface area contributed by atoms with Crippen molar-refractivity contribution in [1.29, 1.82) is 0 Å². The molecule has 2 aromatic rings. The minimum absolute atomic E-state index is 0.165. The van der Waals surface area contributed by atoms with Crippen molar-refractivity contribution < 1.29 is 14.3 Å². The van der Waals surface area contributed by atoms with E-state index in [4.69, 9.17) is 4.74 Å². The van der Waals surface area contributed by atoms with Gasteiger partial charge in [-0.1, -0.05) is 29.8 Å². The molecule has 4 rings (SSSR count). The average molecular weight is 351 g/mol. The lowest BCUT2D eigenvalue weighted by Crippen LogP contribution is -2.43. The maximum atomic E-state index is 13.1. The van der Waals surface area contributed by atoms with Gasteiger partial charge in [0, 0.05) is 7.05 Å². The van der Waals surface area contributed by atoms with E-state index in [0.717, 1.165) is 16.9 Å². The number of aryl methyl sites for hydroxylation is 1. The van der Waals surface area contributed by atoms with Crippen molar-refractivity contribution in [2.24, 2.45) is 5.92 Å². The van der Waals surface area contributed by atoms with Gasteiger partial charge in [-0.2, -0.15) is 0 Å². The van der Waals surface area contributed by atoms with Crippen LogP contribution in [0.5, 0.6) is 5.75 Å². The highest BCUT2D eigenvalue weighted by molar-refractivity contribution is 6.24. The van der Waals surface area contributed by atoms with E-state index in [2.05, 4.69) is 5.43 Å². The third-order valence-corrected chi connectivity index (χ3v) is 5.21. The number of imide groups is 1. The number of rotatable bonds is 3. The second-order valence-electron chi connectivity index (χ2n) is 6.81. The van der Waals surface area contributed by atoms with Crippen LogP contribution in [0.3, 0.4) is 0 Å². The van der Waals surface area contributed by atoms with Gasteiger partial charge >= 0.3 is 0 Å². The maximum absolute atomic E-state index is 13.1. The lowest BCUT2D eigenvalue weighted by Gasteiger charge is -2.22. The van der Waals surface area contributed by atoms with Crippen molar-refractivity contribution in [1.82, 2.24) is 10.4 Å². The quantitative estimate of drug-likeness (QED) is 0.858. The summed E-state index contributed by atoms with van der Waals surface area (Å²) in [7, 11) is 3.43. The summed E-state index contributed by atoms with van der Waals surface area (Å²) in [6.07, 6.45) is 0. The Morgan fingerprint density at radius 1 is 0.962 bits per heavy atom. The monoisotopic (exact) mass is 351 g/mol. The molecule has 0 unspecified atom stereocenters. The zero-order chi connectivity index (χ0) is 18.4. The van der Waals surface area contributed by atoms with Crippen molar-refractivity contribution >= 4 is 17.5 Å². The van der Waals surface area contributed by atoms with Crippen molar-refractivity contribution in [3.05, 3.63) is 59.7 Å². The van der Waals surface area contributed by atoms with E-state index < -0.39 is 12.0 Å². The second kappa shape index (κ2) is 6.23. The number of carbonyl (C=O) groups excluding carboxylic acids is 2. The SMILES string of the molecule is COc1ccc([C@H]2NN(C)[C@@H]3C(=O)N(c4ccc(C)cc4)C(=O)[C@H]23)cc1. The smallest absolute Gasteiger partial charge is 0.253 e. The number of hydrogen-bond donors (Lipinski definition) is 1. The van der Waals surface area contributed by atoms with Crippen molar-refractivity contribution in [3.63, 3.8) is 0 Å². The van der Waals surface area contributed by atoms with E-state index in [-0.39, 0.29) is 17.9 Å². The number of carbonyl (C=O) groups is 2. The van der Waals surface area contributed by atoms with Crippen LogP contribution < -0.4 is 15.1 Å². The van der Waals surface area contributed by atoms with Crippen LogP contribution in [-0.4, -0.2) is 37.0 Å². The largest absolute Gasteiger partial charge is 0.497 e. The molecule has 2 fully saturated rings. The average Bonchev–Trinajstić information content (AvgIpc) is 3.12. The first-order valence-electron chi connectivity index (χ1n) is 8.58. The number of likely N-dealkylation sites (N-methyl/N-ethyl adjacent to an activating group) is 1. The Hall–Kier alpha value is -2.70. The number of methoxy groups -OCH3 is 1. The highest BCUT2D eigenvalue weighted by atomic mass is 16.5. The molecule has 0 saturated carbocycles. The number of nitrogens with zero attached hydrogens (tertiary/aromatic N) is 2. The summed E-state index contributed by atoms with van der Waals surface area (Å²) in [5.74, 6) is -0.0506. The number of benzene rings is 2. The topological polar surface area (TPSA) is 61.9 Å². The van der Waals surface area contributed by atoms with Crippen molar-refractivity contribution in [2.45, 2.75) is 19.0 Å². The third-order valence-electron chi connectivity index (χ3n) is 5.21. The van der Waals surface area contributed by atoms with Gasteiger partial charge in [0.2, 0.25) is 5.91 Å². The Balaban J connectivity index is 1.69. The fourth-order valence-electron chi connectivity index (χ4n) is 3.83. The second-order valence-corrected chi connectivity index (χ2v) is 6.81. The van der Waals surface area contributed by atoms with Crippen LogP contribution in [0.25, 0.3) is 0 Å². The lowest BCUT2D eigenvalue weighted by atomic mass is 9.91. The highest BCUT2D eigenvalue weighted by Crippen LogP contribution is 2.41. The molecule has 26 heavy (non-hydrogen) atoms. The molecule has 6 heteroatoms. The van der Waals surface area contributed by atoms with Gasteiger partial charge < -0.3 is 4.74 Å². The first-order valence-corrected chi connectivity index (χ1v) is 8.58. The van der Waals surface area contributed by atoms with Gasteiger partial charge in [0.25, 0.3) is 5.91 Å². The molecule has 6 nitrogen and oxygen atoms in total. The number of amides is 2. The van der Waals surface area contributed by atoms with Crippen LogP contribution in [0.2, 0.25) is 0 Å². The standard InChI is InChI=1S/C20H21N3O3/c1-12-4-8-14(9-5-12)23-19(24)16-17(21-22(2)18(16)20(23)25)13-6-10-15(26-3)11-7-13/h4-11,16-18,21H,1-3H3/t16-,17-,18+/m1/s1. The molecule has 2 saturated heterocycles. The molecular weight excluding hydrogens is 330 g/mol. The molecule has 0 spiro atoms. The normalized spacial score (nSPS) is 25.7. The molecule has 2 aromatic carbocycles. The predicted octanol–water partition coefficient (Wildman–Crippen LogP) is 2.05. The zero-order valence-corrected chi connectivity index (χ0v) is 15.0. The number of ether oxygens (including phenoxy) is 1. The number of hydrogen-bond acceptors (Lipinski definition) is 5. The summed E-state index contributed by atoms with van der Waals surface area (Å²) in [6, 6.07) is 14.3. The molecule has 3 atom stereocenters. The first kappa shape index (κ1) is 16.8. The summed E-state index contributed by atoms with van der Waals surface area (Å²) in [4.78, 5) is 27.4. The van der Waals surface area contributed by atoms with Crippen LogP contribution in [-0.2, 0) is 9.59 Å². The van der Waals surface area contributed by atoms with Crippen molar-refractivity contribution in [2.75, 3.05) is 19.1 Å². The number of nitrogens with one attached hydrogen (secondary N) is 1. The number of anilines is 1. The Morgan fingerprint density at radius 2 is 1.62 bits per heavy atom. The molecule has 0 bridgehead atoms. The fraction of sp³-hybridized carbons (Fsp3) is 0.300. The van der Waals surface area contributed by atoms with Crippen molar-refractivity contribution in [3.8, 4) is 5.75 Å². The maximum Gasteiger partial charge on any atom is 0.253 e. The van der Waals surface area contributed by atoms with Crippen LogP contribution in [0.15, 0.2) is 48.5 Å². The fourth-order valence-corrected chi connectivity index (χ4v) is 3.83. The molecule has 0 aromatic heterocycles. The summed E-state index contributed by atoms with van der Waals surface area (Å²) in [6.45, 7) is 1.98. The highest BCUT2D eigenvalue weighted by Gasteiger charge is 2.57. The summed E-state index contributed by atoms with van der Waals surface area (Å²) >= 11 is 0. The van der Waals surface area contributed by atoms with E-state index in [1.807, 2.05) is 62.5 Å².